The fourth-order valence-corrected chi connectivity index (χ4v) is 3.75. The number of ether oxygens (including phenoxy) is 1. The van der Waals surface area contributed by atoms with Crippen molar-refractivity contribution in [3.63, 3.8) is 0 Å². The zero-order chi connectivity index (χ0) is 22.1. The Balaban J connectivity index is 0.00000363. The maximum Gasteiger partial charge on any atom is 0.387 e. The normalized spacial score (nSPS) is 13.8. The topological polar surface area (TPSA) is 67.6 Å². The van der Waals surface area contributed by atoms with Gasteiger partial charge in [-0.3, -0.25) is 4.99 Å². The zero-order valence-corrected chi connectivity index (χ0v) is 21.1. The number of rotatable bonds is 9. The highest BCUT2D eigenvalue weighted by molar-refractivity contribution is 14.0. The summed E-state index contributed by atoms with van der Waals surface area (Å²) in [6.07, 6.45) is 6.44. The molecular weight excluding hydrogens is 529 g/mol. The largest absolute Gasteiger partial charge is 0.435 e. The Morgan fingerprint density at radius 3 is 2.72 bits per heavy atom. The summed E-state index contributed by atoms with van der Waals surface area (Å²) in [5.74, 6) is 3.16. The molecule has 0 saturated heterocycles. The Labute approximate surface area is 205 Å². The molecule has 1 aliphatic heterocycles. The van der Waals surface area contributed by atoms with Gasteiger partial charge in [0, 0.05) is 46.1 Å². The SMILES string of the molecule is CCNC(=NCCCc1nnc2n1CCCCC2)N(C)Cc1ccc(OC(F)F)cc1.I. The lowest BCUT2D eigenvalue weighted by Crippen LogP contribution is -2.38. The number of nitrogens with one attached hydrogen (secondary N) is 1. The first kappa shape index (κ1) is 26.3. The summed E-state index contributed by atoms with van der Waals surface area (Å²) in [5, 5.41) is 12.1. The lowest BCUT2D eigenvalue weighted by molar-refractivity contribution is -0.0498. The van der Waals surface area contributed by atoms with Crippen LogP contribution in [0.5, 0.6) is 5.75 Å². The van der Waals surface area contributed by atoms with E-state index in [0.717, 1.165) is 55.5 Å². The third-order valence-corrected chi connectivity index (χ3v) is 5.27. The van der Waals surface area contributed by atoms with E-state index in [1.807, 2.05) is 18.9 Å². The molecule has 0 atom stereocenters. The molecule has 0 amide bonds. The van der Waals surface area contributed by atoms with Crippen LogP contribution in [0.4, 0.5) is 8.78 Å². The number of halogens is 3. The van der Waals surface area contributed by atoms with Gasteiger partial charge in [-0.25, -0.2) is 0 Å². The van der Waals surface area contributed by atoms with Crippen molar-refractivity contribution in [1.82, 2.24) is 25.0 Å². The molecule has 1 aromatic carbocycles. The molecule has 32 heavy (non-hydrogen) atoms. The van der Waals surface area contributed by atoms with E-state index in [4.69, 9.17) is 4.99 Å². The number of fused-ring (bicyclic) bond motifs is 1. The minimum atomic E-state index is -2.81. The minimum Gasteiger partial charge on any atom is -0.435 e. The summed E-state index contributed by atoms with van der Waals surface area (Å²) >= 11 is 0. The number of aromatic nitrogens is 3. The Hall–Kier alpha value is -1.98. The third-order valence-electron chi connectivity index (χ3n) is 5.27. The smallest absolute Gasteiger partial charge is 0.387 e. The number of benzene rings is 1. The maximum absolute atomic E-state index is 12.3. The van der Waals surface area contributed by atoms with Crippen molar-refractivity contribution in [2.24, 2.45) is 4.99 Å². The van der Waals surface area contributed by atoms with Crippen molar-refractivity contribution < 1.29 is 13.5 Å². The van der Waals surface area contributed by atoms with Crippen LogP contribution < -0.4 is 10.1 Å². The first-order valence-corrected chi connectivity index (χ1v) is 11.0. The number of hydrogen-bond donors (Lipinski definition) is 1. The third kappa shape index (κ3) is 7.86. The van der Waals surface area contributed by atoms with Crippen molar-refractivity contribution in [3.05, 3.63) is 41.5 Å². The molecule has 0 aliphatic carbocycles. The van der Waals surface area contributed by atoms with Gasteiger partial charge in [0.15, 0.2) is 5.96 Å². The fourth-order valence-electron chi connectivity index (χ4n) is 3.75. The van der Waals surface area contributed by atoms with Crippen molar-refractivity contribution in [3.8, 4) is 5.75 Å². The average Bonchev–Trinajstić information content (AvgIpc) is 2.97. The lowest BCUT2D eigenvalue weighted by atomic mass is 10.2. The number of aliphatic imine (C=N–C) groups is 1. The first-order chi connectivity index (χ1) is 15.1. The minimum absolute atomic E-state index is 0. The van der Waals surface area contributed by atoms with Gasteiger partial charge in [-0.15, -0.1) is 34.2 Å². The van der Waals surface area contributed by atoms with Gasteiger partial charge in [-0.1, -0.05) is 18.6 Å². The molecule has 1 aromatic heterocycles. The molecule has 0 fully saturated rings. The summed E-state index contributed by atoms with van der Waals surface area (Å²) in [6, 6.07) is 6.69. The molecule has 0 bridgehead atoms. The molecule has 1 N–H and O–H groups in total. The Kier molecular flexibility index (Phi) is 11.1. The average molecular weight is 562 g/mol. The van der Waals surface area contributed by atoms with Gasteiger partial charge in [-0.2, -0.15) is 8.78 Å². The number of aryl methyl sites for hydroxylation is 2. The van der Waals surface area contributed by atoms with E-state index < -0.39 is 6.61 Å². The van der Waals surface area contributed by atoms with E-state index in [9.17, 15) is 8.78 Å². The Morgan fingerprint density at radius 1 is 1.22 bits per heavy atom. The molecule has 0 saturated carbocycles. The van der Waals surface area contributed by atoms with Crippen molar-refractivity contribution in [2.75, 3.05) is 20.1 Å². The highest BCUT2D eigenvalue weighted by atomic mass is 127. The quantitative estimate of drug-likeness (QED) is 0.214. The van der Waals surface area contributed by atoms with Crippen LogP contribution in [0.15, 0.2) is 29.3 Å². The van der Waals surface area contributed by atoms with Crippen LogP contribution in [-0.2, 0) is 25.9 Å². The number of guanidine groups is 1. The van der Waals surface area contributed by atoms with E-state index in [1.54, 1.807) is 24.3 Å². The lowest BCUT2D eigenvalue weighted by Gasteiger charge is -2.22. The highest BCUT2D eigenvalue weighted by Gasteiger charge is 2.14. The molecule has 10 heteroatoms. The zero-order valence-electron chi connectivity index (χ0n) is 18.8. The monoisotopic (exact) mass is 562 g/mol. The number of alkyl halides is 2. The van der Waals surface area contributed by atoms with Crippen LogP contribution in [0.1, 0.15) is 49.8 Å². The van der Waals surface area contributed by atoms with Gasteiger partial charge < -0.3 is 19.5 Å². The molecule has 178 valence electrons. The second kappa shape index (κ2) is 13.5. The molecule has 0 unspecified atom stereocenters. The molecule has 0 radical (unpaired) electrons. The molecule has 3 rings (SSSR count). The molecule has 7 nitrogen and oxygen atoms in total. The Bertz CT molecular complexity index is 843. The van der Waals surface area contributed by atoms with Crippen LogP contribution in [0.3, 0.4) is 0 Å². The molecule has 2 heterocycles. The van der Waals surface area contributed by atoms with Gasteiger partial charge in [-0.05, 0) is 43.9 Å². The van der Waals surface area contributed by atoms with Crippen molar-refractivity contribution in [1.29, 1.82) is 0 Å². The summed E-state index contributed by atoms with van der Waals surface area (Å²) in [6.45, 7) is 2.31. The van der Waals surface area contributed by atoms with Gasteiger partial charge in [0.25, 0.3) is 0 Å². The first-order valence-electron chi connectivity index (χ1n) is 11.0. The van der Waals surface area contributed by atoms with Gasteiger partial charge in [0.2, 0.25) is 0 Å². The van der Waals surface area contributed by atoms with Crippen LogP contribution >= 0.6 is 24.0 Å². The van der Waals surface area contributed by atoms with E-state index in [2.05, 4.69) is 24.8 Å². The van der Waals surface area contributed by atoms with E-state index in [-0.39, 0.29) is 29.7 Å². The van der Waals surface area contributed by atoms with Crippen LogP contribution in [0, 0.1) is 0 Å². The predicted molar refractivity (Wildman–Crippen MR) is 132 cm³/mol. The number of hydrogen-bond acceptors (Lipinski definition) is 4. The van der Waals surface area contributed by atoms with Gasteiger partial charge >= 0.3 is 6.61 Å². The van der Waals surface area contributed by atoms with Crippen molar-refractivity contribution in [2.45, 2.75) is 65.1 Å². The van der Waals surface area contributed by atoms with E-state index >= 15 is 0 Å². The van der Waals surface area contributed by atoms with Gasteiger partial charge in [0.05, 0.1) is 0 Å². The summed E-state index contributed by atoms with van der Waals surface area (Å²) in [5.41, 5.74) is 0.987. The summed E-state index contributed by atoms with van der Waals surface area (Å²) in [4.78, 5) is 6.77. The second-order valence-electron chi connectivity index (χ2n) is 7.71. The molecule has 0 spiro atoms. The molecule has 2 aromatic rings. The maximum atomic E-state index is 12.3. The van der Waals surface area contributed by atoms with Crippen molar-refractivity contribution >= 4 is 29.9 Å². The fraction of sp³-hybridized carbons (Fsp3) is 0.591. The van der Waals surface area contributed by atoms with Gasteiger partial charge in [0.1, 0.15) is 17.4 Å². The highest BCUT2D eigenvalue weighted by Crippen LogP contribution is 2.17. The summed E-state index contributed by atoms with van der Waals surface area (Å²) in [7, 11) is 1.96. The van der Waals surface area contributed by atoms with Crippen LogP contribution in [0.25, 0.3) is 0 Å². The van der Waals surface area contributed by atoms with Crippen LogP contribution in [-0.4, -0.2) is 52.4 Å². The van der Waals surface area contributed by atoms with E-state index in [0.29, 0.717) is 13.1 Å². The van der Waals surface area contributed by atoms with E-state index in [1.165, 1.54) is 19.3 Å². The predicted octanol–water partition coefficient (Wildman–Crippen LogP) is 4.25. The standard InChI is InChI=1S/C22H32F2N6O.HI/c1-3-25-22(29(2)16-17-10-12-18(13-11-17)31-21(23)24)26-14-7-9-20-28-27-19-8-5-4-6-15-30(19)20;/h10-13,21H,3-9,14-16H2,1-2H3,(H,25,26);1H. The molecular formula is C22H33F2IN6O. The molecule has 1 aliphatic rings. The van der Waals surface area contributed by atoms with Crippen LogP contribution in [0.2, 0.25) is 0 Å². The Morgan fingerprint density at radius 2 is 2.00 bits per heavy atom. The summed E-state index contributed by atoms with van der Waals surface area (Å²) < 4.78 is 31.3. The second-order valence-corrected chi connectivity index (χ2v) is 7.71. The number of nitrogens with zero attached hydrogens (tertiary/aromatic N) is 5.